The maximum Gasteiger partial charge on any atom is 0.276 e. The van der Waals surface area contributed by atoms with Gasteiger partial charge in [-0.3, -0.25) is 10.1 Å². The molecule has 1 fully saturated rings. The second-order valence-corrected chi connectivity index (χ2v) is 7.46. The second kappa shape index (κ2) is 6.90. The lowest BCUT2D eigenvalue weighted by molar-refractivity contribution is -0.385. The van der Waals surface area contributed by atoms with Crippen molar-refractivity contribution in [1.29, 1.82) is 0 Å². The summed E-state index contributed by atoms with van der Waals surface area (Å²) in [6.07, 6.45) is 1.27. The normalized spacial score (nSPS) is 18.5. The van der Waals surface area contributed by atoms with Gasteiger partial charge in [-0.2, -0.15) is 4.31 Å². The molecule has 0 saturated carbocycles. The molecule has 1 N–H and O–H groups in total. The van der Waals surface area contributed by atoms with Crippen LogP contribution in [0.3, 0.4) is 0 Å². The first-order chi connectivity index (χ1) is 10.8. The van der Waals surface area contributed by atoms with E-state index in [1.807, 2.05) is 6.92 Å². The maximum atomic E-state index is 14.0. The van der Waals surface area contributed by atoms with Crippen molar-refractivity contribution in [3.8, 4) is 0 Å². The van der Waals surface area contributed by atoms with Gasteiger partial charge in [-0.1, -0.05) is 6.92 Å². The summed E-state index contributed by atoms with van der Waals surface area (Å²) in [4.78, 5) is 9.89. The van der Waals surface area contributed by atoms with Crippen LogP contribution in [-0.4, -0.2) is 43.3 Å². The van der Waals surface area contributed by atoms with E-state index in [-0.39, 0.29) is 23.0 Å². The van der Waals surface area contributed by atoms with Gasteiger partial charge in [-0.05, 0) is 32.4 Å². The summed E-state index contributed by atoms with van der Waals surface area (Å²) < 4.78 is 41.0. The summed E-state index contributed by atoms with van der Waals surface area (Å²) >= 11 is 0. The van der Waals surface area contributed by atoms with Gasteiger partial charge >= 0.3 is 0 Å². The van der Waals surface area contributed by atoms with E-state index in [0.29, 0.717) is 25.9 Å². The highest BCUT2D eigenvalue weighted by atomic mass is 32.2. The van der Waals surface area contributed by atoms with E-state index in [9.17, 15) is 22.9 Å². The van der Waals surface area contributed by atoms with Gasteiger partial charge in [0.2, 0.25) is 10.0 Å². The molecule has 1 saturated heterocycles. The largest absolute Gasteiger partial charge is 0.315 e. The second-order valence-electron chi connectivity index (χ2n) is 5.57. The van der Waals surface area contributed by atoms with E-state index < -0.39 is 26.5 Å². The monoisotopic (exact) mass is 345 g/mol. The smallest absolute Gasteiger partial charge is 0.276 e. The van der Waals surface area contributed by atoms with E-state index in [2.05, 4.69) is 5.32 Å². The zero-order valence-electron chi connectivity index (χ0n) is 13.1. The third-order valence-electron chi connectivity index (χ3n) is 3.98. The van der Waals surface area contributed by atoms with Gasteiger partial charge in [0, 0.05) is 25.2 Å². The highest BCUT2D eigenvalue weighted by Crippen LogP contribution is 2.28. The molecule has 1 unspecified atom stereocenters. The summed E-state index contributed by atoms with van der Waals surface area (Å²) in [6, 6.07) is 1.59. The minimum atomic E-state index is -3.99. The van der Waals surface area contributed by atoms with Crippen LogP contribution in [0.25, 0.3) is 0 Å². The van der Waals surface area contributed by atoms with Gasteiger partial charge < -0.3 is 5.32 Å². The van der Waals surface area contributed by atoms with Gasteiger partial charge in [0.15, 0.2) is 0 Å². The first kappa shape index (κ1) is 17.8. The van der Waals surface area contributed by atoms with Crippen LogP contribution < -0.4 is 5.32 Å². The number of hydrogen-bond acceptors (Lipinski definition) is 5. The molecule has 1 atom stereocenters. The molecule has 0 amide bonds. The van der Waals surface area contributed by atoms with Crippen LogP contribution in [-0.2, 0) is 10.0 Å². The van der Waals surface area contributed by atoms with E-state index in [1.54, 1.807) is 0 Å². The standard InChI is InChI=1S/C14H20FN3O4S/c1-3-6-17(11-4-5-16-9-11)23(21,22)12-7-13(15)10(2)14(8-12)18(19)20/h7-8,11,16H,3-6,9H2,1-2H3. The maximum absolute atomic E-state index is 14.0. The molecule has 1 aromatic rings. The number of nitro benzene ring substituents is 1. The fourth-order valence-corrected chi connectivity index (χ4v) is 4.50. The zero-order chi connectivity index (χ0) is 17.2. The van der Waals surface area contributed by atoms with Crippen molar-refractivity contribution in [2.24, 2.45) is 0 Å². The van der Waals surface area contributed by atoms with Crippen LogP contribution in [0.1, 0.15) is 25.3 Å². The van der Waals surface area contributed by atoms with Crippen molar-refractivity contribution in [3.05, 3.63) is 33.6 Å². The average molecular weight is 345 g/mol. The Morgan fingerprint density at radius 2 is 2.17 bits per heavy atom. The molecule has 0 radical (unpaired) electrons. The third kappa shape index (κ3) is 3.51. The molecular formula is C14H20FN3O4S. The van der Waals surface area contributed by atoms with Gasteiger partial charge in [0.25, 0.3) is 5.69 Å². The Morgan fingerprint density at radius 3 is 2.70 bits per heavy atom. The molecule has 0 bridgehead atoms. The molecule has 9 heteroatoms. The Bertz CT molecular complexity index is 702. The molecular weight excluding hydrogens is 325 g/mol. The molecule has 1 heterocycles. The van der Waals surface area contributed by atoms with Gasteiger partial charge in [-0.15, -0.1) is 0 Å². The Morgan fingerprint density at radius 1 is 1.48 bits per heavy atom. The number of nitrogens with zero attached hydrogens (tertiary/aromatic N) is 2. The fourth-order valence-electron chi connectivity index (χ4n) is 2.72. The number of benzene rings is 1. The van der Waals surface area contributed by atoms with Crippen LogP contribution in [0, 0.1) is 22.9 Å². The number of nitrogens with one attached hydrogen (secondary N) is 1. The van der Waals surface area contributed by atoms with Crippen molar-refractivity contribution in [1.82, 2.24) is 9.62 Å². The predicted molar refractivity (Wildman–Crippen MR) is 83.2 cm³/mol. The highest BCUT2D eigenvalue weighted by Gasteiger charge is 2.34. The molecule has 7 nitrogen and oxygen atoms in total. The van der Waals surface area contributed by atoms with Gasteiger partial charge in [0.05, 0.1) is 15.4 Å². The average Bonchev–Trinajstić information content (AvgIpc) is 3.00. The molecule has 1 aliphatic heterocycles. The highest BCUT2D eigenvalue weighted by molar-refractivity contribution is 7.89. The van der Waals surface area contributed by atoms with Crippen molar-refractivity contribution < 1.29 is 17.7 Å². The first-order valence-electron chi connectivity index (χ1n) is 7.46. The van der Waals surface area contributed by atoms with Crippen molar-refractivity contribution in [2.45, 2.75) is 37.6 Å². The summed E-state index contributed by atoms with van der Waals surface area (Å²) in [5.41, 5.74) is -0.692. The Balaban J connectivity index is 2.50. The number of hydrogen-bond donors (Lipinski definition) is 1. The molecule has 1 aliphatic rings. The zero-order valence-corrected chi connectivity index (χ0v) is 13.9. The van der Waals surface area contributed by atoms with Crippen molar-refractivity contribution in [2.75, 3.05) is 19.6 Å². The summed E-state index contributed by atoms with van der Waals surface area (Å²) in [5.74, 6) is -0.890. The molecule has 0 aliphatic carbocycles. The Labute approximate surface area is 134 Å². The summed E-state index contributed by atoms with van der Waals surface area (Å²) in [7, 11) is -3.99. The lowest BCUT2D eigenvalue weighted by atomic mass is 10.2. The van der Waals surface area contributed by atoms with Crippen LogP contribution in [0.2, 0.25) is 0 Å². The minimum absolute atomic E-state index is 0.168. The van der Waals surface area contributed by atoms with Crippen molar-refractivity contribution in [3.63, 3.8) is 0 Å². The topological polar surface area (TPSA) is 92.6 Å². The molecule has 128 valence electrons. The Kier molecular flexibility index (Phi) is 5.33. The van der Waals surface area contributed by atoms with E-state index in [1.165, 1.54) is 11.2 Å². The SMILES string of the molecule is CCCN(C1CCNC1)S(=O)(=O)c1cc(F)c(C)c([N+](=O)[O-])c1. The van der Waals surface area contributed by atoms with Gasteiger partial charge in [0.1, 0.15) is 5.82 Å². The Hall–Kier alpha value is -1.58. The molecule has 0 spiro atoms. The molecule has 23 heavy (non-hydrogen) atoms. The van der Waals surface area contributed by atoms with E-state index in [0.717, 1.165) is 12.1 Å². The lowest BCUT2D eigenvalue weighted by Crippen LogP contribution is -2.42. The van der Waals surface area contributed by atoms with Gasteiger partial charge in [-0.25, -0.2) is 12.8 Å². The first-order valence-corrected chi connectivity index (χ1v) is 8.90. The quantitative estimate of drug-likeness (QED) is 0.627. The van der Waals surface area contributed by atoms with E-state index >= 15 is 0 Å². The number of halogens is 1. The molecule has 1 aromatic carbocycles. The predicted octanol–water partition coefficient (Wildman–Crippen LogP) is 1.80. The van der Waals surface area contributed by atoms with Crippen LogP contribution in [0.5, 0.6) is 0 Å². The fraction of sp³-hybridized carbons (Fsp3) is 0.571. The van der Waals surface area contributed by atoms with Crippen molar-refractivity contribution >= 4 is 15.7 Å². The number of sulfonamides is 1. The minimum Gasteiger partial charge on any atom is -0.315 e. The molecule has 2 rings (SSSR count). The summed E-state index contributed by atoms with van der Waals surface area (Å²) in [6.45, 7) is 4.63. The molecule has 0 aromatic heterocycles. The third-order valence-corrected chi connectivity index (χ3v) is 5.91. The number of nitro groups is 1. The van der Waals surface area contributed by atoms with Crippen LogP contribution in [0.4, 0.5) is 10.1 Å². The summed E-state index contributed by atoms with van der Waals surface area (Å²) in [5, 5.41) is 14.1. The number of rotatable bonds is 6. The lowest BCUT2D eigenvalue weighted by Gasteiger charge is -2.27. The van der Waals surface area contributed by atoms with Crippen LogP contribution >= 0.6 is 0 Å². The van der Waals surface area contributed by atoms with Crippen LogP contribution in [0.15, 0.2) is 17.0 Å². The van der Waals surface area contributed by atoms with E-state index in [4.69, 9.17) is 0 Å².